The molecular formula is C8H10ClNO2. The van der Waals surface area contributed by atoms with E-state index in [2.05, 4.69) is 0 Å². The van der Waals surface area contributed by atoms with E-state index in [4.69, 9.17) is 26.8 Å². The summed E-state index contributed by atoms with van der Waals surface area (Å²) in [5.41, 5.74) is 6.03. The fourth-order valence-electron chi connectivity index (χ4n) is 0.891. The molecule has 66 valence electrons. The Morgan fingerprint density at radius 2 is 1.67 bits per heavy atom. The predicted octanol–water partition coefficient (Wildman–Crippen LogP) is 1.94. The molecule has 12 heavy (non-hydrogen) atoms. The maximum Gasteiger partial charge on any atom is 0.143 e. The molecule has 0 fully saturated rings. The highest BCUT2D eigenvalue weighted by atomic mass is 35.5. The Kier molecular flexibility index (Phi) is 2.65. The molecule has 2 N–H and O–H groups in total. The smallest absolute Gasteiger partial charge is 0.143 e. The van der Waals surface area contributed by atoms with Gasteiger partial charge in [-0.05, 0) is 12.1 Å². The monoisotopic (exact) mass is 187 g/mol. The van der Waals surface area contributed by atoms with Crippen LogP contribution in [-0.2, 0) is 0 Å². The van der Waals surface area contributed by atoms with Crippen molar-refractivity contribution in [3.63, 3.8) is 0 Å². The van der Waals surface area contributed by atoms with E-state index >= 15 is 0 Å². The molecule has 0 aliphatic carbocycles. The first-order valence-corrected chi connectivity index (χ1v) is 3.74. The summed E-state index contributed by atoms with van der Waals surface area (Å²) < 4.78 is 9.92. The normalized spacial score (nSPS) is 9.58. The van der Waals surface area contributed by atoms with E-state index in [-0.39, 0.29) is 0 Å². The summed E-state index contributed by atoms with van der Waals surface area (Å²) in [6.45, 7) is 0. The number of rotatable bonds is 2. The highest BCUT2D eigenvalue weighted by Gasteiger charge is 2.08. The Morgan fingerprint density at radius 3 is 2.17 bits per heavy atom. The number of halogens is 1. The zero-order chi connectivity index (χ0) is 9.14. The molecule has 0 heterocycles. The summed E-state index contributed by atoms with van der Waals surface area (Å²) in [5.74, 6) is 1.11. The van der Waals surface area contributed by atoms with Crippen LogP contribution in [0.5, 0.6) is 11.5 Å². The van der Waals surface area contributed by atoms with Gasteiger partial charge in [-0.2, -0.15) is 0 Å². The van der Waals surface area contributed by atoms with Gasteiger partial charge in [0, 0.05) is 0 Å². The molecule has 0 saturated heterocycles. The maximum atomic E-state index is 5.85. The van der Waals surface area contributed by atoms with Crippen molar-refractivity contribution < 1.29 is 9.47 Å². The van der Waals surface area contributed by atoms with E-state index in [1.807, 2.05) is 0 Å². The number of methoxy groups -OCH3 is 2. The molecule has 3 nitrogen and oxygen atoms in total. The number of nitrogens with two attached hydrogens (primary N) is 1. The Hall–Kier alpha value is -1.09. The fraction of sp³-hybridized carbons (Fsp3) is 0.250. The van der Waals surface area contributed by atoms with Gasteiger partial charge < -0.3 is 15.2 Å². The number of hydrogen-bond acceptors (Lipinski definition) is 3. The van der Waals surface area contributed by atoms with E-state index in [1.54, 1.807) is 12.1 Å². The summed E-state index contributed by atoms with van der Waals surface area (Å²) in [4.78, 5) is 0. The van der Waals surface area contributed by atoms with Gasteiger partial charge in [-0.15, -0.1) is 0 Å². The second kappa shape index (κ2) is 3.54. The molecule has 0 aliphatic heterocycles. The van der Waals surface area contributed by atoms with Gasteiger partial charge in [0.1, 0.15) is 16.5 Å². The molecule has 0 saturated carbocycles. The van der Waals surface area contributed by atoms with Gasteiger partial charge >= 0.3 is 0 Å². The lowest BCUT2D eigenvalue weighted by Gasteiger charge is -2.08. The van der Waals surface area contributed by atoms with Crippen molar-refractivity contribution in [2.45, 2.75) is 0 Å². The van der Waals surface area contributed by atoms with Gasteiger partial charge in [-0.3, -0.25) is 0 Å². The van der Waals surface area contributed by atoms with Crippen LogP contribution in [0.2, 0.25) is 5.02 Å². The molecule has 1 aromatic rings. The van der Waals surface area contributed by atoms with E-state index in [0.717, 1.165) is 0 Å². The molecule has 0 atom stereocenters. The van der Waals surface area contributed by atoms with Crippen molar-refractivity contribution in [2.24, 2.45) is 0 Å². The first kappa shape index (κ1) is 9.00. The Bertz CT molecular complexity index is 260. The molecule has 0 bridgehead atoms. The second-order valence-corrected chi connectivity index (χ2v) is 2.58. The average Bonchev–Trinajstić information content (AvgIpc) is 2.10. The largest absolute Gasteiger partial charge is 0.495 e. The number of ether oxygens (including phenoxy) is 2. The number of benzene rings is 1. The average molecular weight is 188 g/mol. The van der Waals surface area contributed by atoms with Gasteiger partial charge in [0.15, 0.2) is 0 Å². The molecule has 1 rings (SSSR count). The summed E-state index contributed by atoms with van der Waals surface area (Å²) >= 11 is 5.85. The molecule has 0 unspecified atom stereocenters. The molecule has 0 radical (unpaired) electrons. The summed E-state index contributed by atoms with van der Waals surface area (Å²) in [5, 5.41) is 0.386. The minimum atomic E-state index is 0.386. The Labute approximate surface area is 76.0 Å². The van der Waals surface area contributed by atoms with Gasteiger partial charge in [-0.1, -0.05) is 11.6 Å². The minimum Gasteiger partial charge on any atom is -0.495 e. The molecule has 4 heteroatoms. The Morgan fingerprint density at radius 1 is 1.17 bits per heavy atom. The summed E-state index contributed by atoms with van der Waals surface area (Å²) in [7, 11) is 3.07. The molecule has 0 aliphatic rings. The third-order valence-corrected chi connectivity index (χ3v) is 1.93. The highest BCUT2D eigenvalue weighted by molar-refractivity contribution is 6.34. The van der Waals surface area contributed by atoms with Gasteiger partial charge in [0.2, 0.25) is 0 Å². The van der Waals surface area contributed by atoms with Crippen LogP contribution in [0.15, 0.2) is 12.1 Å². The number of anilines is 1. The van der Waals surface area contributed by atoms with Gasteiger partial charge in [-0.25, -0.2) is 0 Å². The Balaban J connectivity index is 3.20. The van der Waals surface area contributed by atoms with Crippen LogP contribution in [0.4, 0.5) is 5.69 Å². The molecular weight excluding hydrogens is 178 g/mol. The van der Waals surface area contributed by atoms with Crippen molar-refractivity contribution in [3.05, 3.63) is 17.2 Å². The molecule has 0 amide bonds. The first-order valence-electron chi connectivity index (χ1n) is 3.36. The van der Waals surface area contributed by atoms with E-state index in [0.29, 0.717) is 22.2 Å². The van der Waals surface area contributed by atoms with E-state index < -0.39 is 0 Å². The van der Waals surface area contributed by atoms with Gasteiger partial charge in [0.25, 0.3) is 0 Å². The van der Waals surface area contributed by atoms with Crippen LogP contribution in [0.25, 0.3) is 0 Å². The van der Waals surface area contributed by atoms with Gasteiger partial charge in [0.05, 0.1) is 19.9 Å². The third-order valence-electron chi connectivity index (χ3n) is 1.54. The topological polar surface area (TPSA) is 44.5 Å². The van der Waals surface area contributed by atoms with Crippen molar-refractivity contribution in [1.29, 1.82) is 0 Å². The first-order chi connectivity index (χ1) is 5.70. The molecule has 1 aromatic carbocycles. The van der Waals surface area contributed by atoms with Crippen molar-refractivity contribution in [1.82, 2.24) is 0 Å². The van der Waals surface area contributed by atoms with Crippen LogP contribution < -0.4 is 15.2 Å². The van der Waals surface area contributed by atoms with E-state index in [1.165, 1.54) is 14.2 Å². The summed E-state index contributed by atoms with van der Waals surface area (Å²) in [6, 6.07) is 3.41. The lowest BCUT2D eigenvalue weighted by atomic mass is 10.3. The lowest BCUT2D eigenvalue weighted by molar-refractivity contribution is 0.405. The van der Waals surface area contributed by atoms with E-state index in [9.17, 15) is 0 Å². The van der Waals surface area contributed by atoms with Crippen LogP contribution in [0.3, 0.4) is 0 Å². The van der Waals surface area contributed by atoms with Crippen molar-refractivity contribution in [2.75, 3.05) is 20.0 Å². The quantitative estimate of drug-likeness (QED) is 0.720. The molecule has 0 aromatic heterocycles. The zero-order valence-electron chi connectivity index (χ0n) is 6.93. The highest BCUT2D eigenvalue weighted by Crippen LogP contribution is 2.36. The lowest BCUT2D eigenvalue weighted by Crippen LogP contribution is -1.95. The molecule has 0 spiro atoms. The van der Waals surface area contributed by atoms with Crippen LogP contribution in [0.1, 0.15) is 0 Å². The van der Waals surface area contributed by atoms with Crippen molar-refractivity contribution in [3.8, 4) is 11.5 Å². The second-order valence-electron chi connectivity index (χ2n) is 2.20. The van der Waals surface area contributed by atoms with Crippen LogP contribution >= 0.6 is 11.6 Å². The maximum absolute atomic E-state index is 5.85. The van der Waals surface area contributed by atoms with Crippen LogP contribution in [0, 0.1) is 0 Å². The minimum absolute atomic E-state index is 0.386. The fourth-order valence-corrected chi connectivity index (χ4v) is 1.12. The van der Waals surface area contributed by atoms with Crippen LogP contribution in [-0.4, -0.2) is 14.2 Å². The standard InChI is InChI=1S/C8H10ClNO2/c1-11-5-3-4-6(12-2)8(10)7(5)9/h3-4H,10H2,1-2H3. The predicted molar refractivity (Wildman–Crippen MR) is 49.0 cm³/mol. The number of nitrogen functional groups attached to an aromatic ring is 1. The third kappa shape index (κ3) is 1.41. The summed E-state index contributed by atoms with van der Waals surface area (Å²) in [6.07, 6.45) is 0. The number of hydrogen-bond donors (Lipinski definition) is 1. The SMILES string of the molecule is COc1ccc(OC)c(Cl)c1N. The van der Waals surface area contributed by atoms with Crippen molar-refractivity contribution >= 4 is 17.3 Å². The zero-order valence-corrected chi connectivity index (χ0v) is 7.68.